The lowest BCUT2D eigenvalue weighted by atomic mass is 10.0. The molecule has 0 atom stereocenters. The fourth-order valence-corrected chi connectivity index (χ4v) is 4.74. The molecule has 2 aromatic rings. The van der Waals surface area contributed by atoms with Crippen LogP contribution >= 0.6 is 34.8 Å². The number of hydrogen-bond donors (Lipinski definition) is 0. The predicted octanol–water partition coefficient (Wildman–Crippen LogP) is 11.1. The number of nitrogens with zero attached hydrogens (tertiary/aromatic N) is 1. The van der Waals surface area contributed by atoms with E-state index in [1.54, 1.807) is 24.3 Å². The fourth-order valence-electron chi connectivity index (χ4n) is 4.14. The minimum absolute atomic E-state index is 0.165. The highest BCUT2D eigenvalue weighted by Crippen LogP contribution is 2.35. The average Bonchev–Trinajstić information content (AvgIpc) is 2.87. The molecular weight excluding hydrogens is 537 g/mol. The minimum atomic E-state index is -0.302. The molecule has 216 valence electrons. The first-order valence-electron chi connectivity index (χ1n) is 14.6. The van der Waals surface area contributed by atoms with Crippen LogP contribution in [0, 0.1) is 0 Å². The van der Waals surface area contributed by atoms with Crippen molar-refractivity contribution < 1.29 is 14.3 Å². The van der Waals surface area contributed by atoms with Gasteiger partial charge < -0.3 is 14.3 Å². The van der Waals surface area contributed by atoms with Crippen LogP contribution in [0.5, 0.6) is 17.2 Å². The topological polar surface area (TPSA) is 32.3 Å². The lowest BCUT2D eigenvalue weighted by Crippen LogP contribution is -2.39. The van der Waals surface area contributed by atoms with Crippen LogP contribution < -0.4 is 9.84 Å². The maximum atomic E-state index is 11.5. The van der Waals surface area contributed by atoms with Crippen molar-refractivity contribution >= 4 is 34.8 Å². The van der Waals surface area contributed by atoms with Crippen LogP contribution in [0.25, 0.3) is 0 Å². The zero-order valence-electron chi connectivity index (χ0n) is 24.2. The van der Waals surface area contributed by atoms with E-state index >= 15 is 0 Å². The summed E-state index contributed by atoms with van der Waals surface area (Å²) in [5.41, 5.74) is 0. The highest BCUT2D eigenvalue weighted by molar-refractivity contribution is 6.35. The molecule has 0 aromatic heterocycles. The molecule has 0 spiro atoms. The van der Waals surface area contributed by atoms with Gasteiger partial charge in [0, 0.05) is 10.0 Å². The summed E-state index contributed by atoms with van der Waals surface area (Å²) >= 11 is 17.4. The van der Waals surface area contributed by atoms with Crippen molar-refractivity contribution in [2.75, 3.05) is 27.2 Å². The van der Waals surface area contributed by atoms with E-state index in [2.05, 4.69) is 27.9 Å². The largest absolute Gasteiger partial charge is 0.870 e. The van der Waals surface area contributed by atoms with Crippen LogP contribution in [0.1, 0.15) is 104 Å². The Morgan fingerprint density at radius 2 is 1.08 bits per heavy atom. The van der Waals surface area contributed by atoms with E-state index in [-0.39, 0.29) is 11.5 Å². The van der Waals surface area contributed by atoms with Gasteiger partial charge in [0.2, 0.25) is 0 Å². The third kappa shape index (κ3) is 16.7. The Bertz CT molecular complexity index is 840. The first-order chi connectivity index (χ1) is 18.2. The molecule has 0 aliphatic rings. The molecule has 38 heavy (non-hydrogen) atoms. The lowest BCUT2D eigenvalue weighted by Gasteiger charge is -2.28. The molecule has 2 aromatic carbocycles. The Morgan fingerprint density at radius 3 is 1.53 bits per heavy atom. The van der Waals surface area contributed by atoms with E-state index in [4.69, 9.17) is 39.5 Å². The molecule has 0 bridgehead atoms. The summed E-state index contributed by atoms with van der Waals surface area (Å²) in [5.74, 6) is 0.234. The second-order valence-corrected chi connectivity index (χ2v) is 12.1. The van der Waals surface area contributed by atoms with Crippen molar-refractivity contribution in [2.45, 2.75) is 104 Å². The molecule has 0 saturated heterocycles. The zero-order valence-corrected chi connectivity index (χ0v) is 26.4. The van der Waals surface area contributed by atoms with Gasteiger partial charge in [-0.3, -0.25) is 0 Å². The van der Waals surface area contributed by atoms with E-state index in [9.17, 15) is 5.11 Å². The summed E-state index contributed by atoms with van der Waals surface area (Å²) < 4.78 is 6.58. The van der Waals surface area contributed by atoms with Gasteiger partial charge in [-0.1, -0.05) is 125 Å². The Hall–Kier alpha value is -1.13. The maximum absolute atomic E-state index is 11.5. The van der Waals surface area contributed by atoms with Gasteiger partial charge in [0.15, 0.2) is 0 Å². The minimum Gasteiger partial charge on any atom is -0.870 e. The summed E-state index contributed by atoms with van der Waals surface area (Å²) in [6.45, 7) is 7.21. The fraction of sp³-hybridized carbons (Fsp3) is 0.625. The van der Waals surface area contributed by atoms with E-state index < -0.39 is 0 Å². The standard InChI is InChI=1S/C20H44N.C12H7Cl3O2/c1-5-7-8-9-10-11-12-13-14-15-16-17-18-19-20-21(3,4)6-2;13-7-1-3-11(9(15)5-7)17-12-4-2-8(14)6-10(12)16/h5-20H2,1-4H3;1-6,16H/q+1;/p-1. The number of quaternary nitrogens is 1. The van der Waals surface area contributed by atoms with Gasteiger partial charge in [-0.2, -0.15) is 0 Å². The molecule has 0 fully saturated rings. The summed E-state index contributed by atoms with van der Waals surface area (Å²) in [5, 5.41) is 12.7. The van der Waals surface area contributed by atoms with Crippen molar-refractivity contribution in [3.8, 4) is 17.2 Å². The SMILES string of the molecule is CCCCCCCCCCCCCCCC[N+](C)(C)CC.[O-]c1cc(Cl)ccc1Oc1ccc(Cl)cc1Cl. The van der Waals surface area contributed by atoms with Gasteiger partial charge in [-0.05, 0) is 56.2 Å². The van der Waals surface area contributed by atoms with Gasteiger partial charge in [0.05, 0.1) is 32.2 Å². The van der Waals surface area contributed by atoms with Crippen molar-refractivity contribution in [3.63, 3.8) is 0 Å². The highest BCUT2D eigenvalue weighted by Gasteiger charge is 2.10. The molecule has 0 heterocycles. The van der Waals surface area contributed by atoms with Crippen molar-refractivity contribution in [1.29, 1.82) is 0 Å². The molecule has 0 amide bonds. The van der Waals surface area contributed by atoms with Gasteiger partial charge >= 0.3 is 0 Å². The Labute approximate surface area is 248 Å². The van der Waals surface area contributed by atoms with E-state index in [0.717, 1.165) is 0 Å². The second-order valence-electron chi connectivity index (χ2n) is 10.8. The Kier molecular flexibility index (Phi) is 19.0. The van der Waals surface area contributed by atoms with Gasteiger partial charge in [0.25, 0.3) is 0 Å². The monoisotopic (exact) mass is 585 g/mol. The number of unbranched alkanes of at least 4 members (excludes halogenated alkanes) is 13. The predicted molar refractivity (Wildman–Crippen MR) is 165 cm³/mol. The van der Waals surface area contributed by atoms with E-state index in [1.165, 1.54) is 120 Å². The quantitative estimate of drug-likeness (QED) is 0.128. The maximum Gasteiger partial charge on any atom is 0.146 e. The molecule has 2 rings (SSSR count). The normalized spacial score (nSPS) is 11.2. The Balaban J connectivity index is 0.000000386. The number of ether oxygens (including phenoxy) is 1. The summed E-state index contributed by atoms with van der Waals surface area (Å²) in [6, 6.07) is 9.11. The van der Waals surface area contributed by atoms with Gasteiger partial charge in [-0.15, -0.1) is 0 Å². The Morgan fingerprint density at radius 1 is 0.632 bits per heavy atom. The van der Waals surface area contributed by atoms with Crippen LogP contribution in [0.3, 0.4) is 0 Å². The second kappa shape index (κ2) is 20.7. The van der Waals surface area contributed by atoms with Crippen LogP contribution in [0.2, 0.25) is 15.1 Å². The van der Waals surface area contributed by atoms with Crippen LogP contribution in [-0.2, 0) is 0 Å². The molecule has 0 N–H and O–H groups in total. The van der Waals surface area contributed by atoms with Crippen molar-refractivity contribution in [3.05, 3.63) is 51.5 Å². The molecule has 0 radical (unpaired) electrons. The van der Waals surface area contributed by atoms with Crippen molar-refractivity contribution in [1.82, 2.24) is 0 Å². The smallest absolute Gasteiger partial charge is 0.146 e. The van der Waals surface area contributed by atoms with E-state index in [0.29, 0.717) is 20.8 Å². The third-order valence-corrected chi connectivity index (χ3v) is 7.76. The van der Waals surface area contributed by atoms with E-state index in [1.807, 2.05) is 0 Å². The molecule has 6 heteroatoms. The zero-order chi connectivity index (χ0) is 28.2. The van der Waals surface area contributed by atoms with Crippen LogP contribution in [-0.4, -0.2) is 31.7 Å². The number of halogens is 3. The molecule has 0 saturated carbocycles. The summed E-state index contributed by atoms with van der Waals surface area (Å²) in [4.78, 5) is 0. The van der Waals surface area contributed by atoms with Gasteiger partial charge in [0.1, 0.15) is 11.5 Å². The highest BCUT2D eigenvalue weighted by atomic mass is 35.5. The molecule has 0 aliphatic carbocycles. The van der Waals surface area contributed by atoms with Crippen molar-refractivity contribution in [2.24, 2.45) is 0 Å². The van der Waals surface area contributed by atoms with Gasteiger partial charge in [-0.25, -0.2) is 0 Å². The molecule has 0 unspecified atom stereocenters. The number of hydrogen-bond acceptors (Lipinski definition) is 2. The third-order valence-electron chi connectivity index (χ3n) is 6.99. The first kappa shape index (κ1) is 34.9. The average molecular weight is 587 g/mol. The number of benzene rings is 2. The molecule has 0 aliphatic heterocycles. The first-order valence-corrected chi connectivity index (χ1v) is 15.7. The number of rotatable bonds is 18. The molecule has 3 nitrogen and oxygen atoms in total. The summed E-state index contributed by atoms with van der Waals surface area (Å²) in [6.07, 6.45) is 20.4. The molecular formula is C32H50Cl3NO2. The van der Waals surface area contributed by atoms with Crippen LogP contribution in [0.15, 0.2) is 36.4 Å². The lowest BCUT2D eigenvalue weighted by molar-refractivity contribution is -0.888. The van der Waals surface area contributed by atoms with Crippen LogP contribution in [0.4, 0.5) is 0 Å². The summed E-state index contributed by atoms with van der Waals surface area (Å²) in [7, 11) is 4.70.